The van der Waals surface area contributed by atoms with Gasteiger partial charge in [-0.05, 0) is 37.6 Å². The molecule has 6 heteroatoms. The summed E-state index contributed by atoms with van der Waals surface area (Å²) in [6.45, 7) is 3.83. The highest BCUT2D eigenvalue weighted by molar-refractivity contribution is 5.97. The zero-order valence-electron chi connectivity index (χ0n) is 13.5. The van der Waals surface area contributed by atoms with Crippen LogP contribution >= 0.6 is 0 Å². The molecule has 0 saturated carbocycles. The maximum Gasteiger partial charge on any atom is 0.283 e. The smallest absolute Gasteiger partial charge is 0.283 e. The van der Waals surface area contributed by atoms with Crippen molar-refractivity contribution in [2.24, 2.45) is 0 Å². The fraction of sp³-hybridized carbons (Fsp3) is 0.222. The van der Waals surface area contributed by atoms with Crippen molar-refractivity contribution >= 4 is 11.8 Å². The van der Waals surface area contributed by atoms with Crippen LogP contribution in [0.2, 0.25) is 0 Å². The van der Waals surface area contributed by atoms with Crippen LogP contribution in [0.5, 0.6) is 11.5 Å². The van der Waals surface area contributed by atoms with E-state index in [-0.39, 0.29) is 12.5 Å². The number of hydrogen-bond acceptors (Lipinski definition) is 4. The van der Waals surface area contributed by atoms with E-state index in [1.807, 2.05) is 32.0 Å². The predicted molar refractivity (Wildman–Crippen MR) is 87.9 cm³/mol. The van der Waals surface area contributed by atoms with Crippen LogP contribution in [0.4, 0.5) is 0 Å². The Morgan fingerprint density at radius 1 is 1.04 bits per heavy atom. The molecule has 124 valence electrons. The Bertz CT molecular complexity index is 788. The SMILES string of the molecule is Cc1ccc(C)c(C(=O)NNC(=O)C2COc3ccccc3O2)c1. The summed E-state index contributed by atoms with van der Waals surface area (Å²) in [5.74, 6) is 0.260. The number of carbonyl (C=O) groups excluding carboxylic acids is 2. The number of hydrogen-bond donors (Lipinski definition) is 2. The van der Waals surface area contributed by atoms with Crippen molar-refractivity contribution in [3.8, 4) is 11.5 Å². The highest BCUT2D eigenvalue weighted by atomic mass is 16.6. The van der Waals surface area contributed by atoms with Gasteiger partial charge in [0, 0.05) is 5.56 Å². The maximum atomic E-state index is 12.2. The van der Waals surface area contributed by atoms with Gasteiger partial charge in [-0.25, -0.2) is 0 Å². The minimum absolute atomic E-state index is 0.0855. The lowest BCUT2D eigenvalue weighted by atomic mass is 10.1. The number of nitrogens with one attached hydrogen (secondary N) is 2. The summed E-state index contributed by atoms with van der Waals surface area (Å²) >= 11 is 0. The summed E-state index contributed by atoms with van der Waals surface area (Å²) in [5.41, 5.74) is 7.12. The van der Waals surface area contributed by atoms with Crippen molar-refractivity contribution in [2.45, 2.75) is 20.0 Å². The van der Waals surface area contributed by atoms with Crippen LogP contribution in [0.3, 0.4) is 0 Å². The largest absolute Gasteiger partial charge is 0.485 e. The van der Waals surface area contributed by atoms with Crippen LogP contribution in [0.1, 0.15) is 21.5 Å². The van der Waals surface area contributed by atoms with E-state index in [0.29, 0.717) is 17.1 Å². The molecule has 0 aliphatic carbocycles. The molecule has 24 heavy (non-hydrogen) atoms. The van der Waals surface area contributed by atoms with Gasteiger partial charge in [-0.1, -0.05) is 29.8 Å². The zero-order valence-corrected chi connectivity index (χ0v) is 13.5. The van der Waals surface area contributed by atoms with Crippen molar-refractivity contribution in [3.05, 3.63) is 59.2 Å². The Morgan fingerprint density at radius 3 is 2.58 bits per heavy atom. The van der Waals surface area contributed by atoms with E-state index in [9.17, 15) is 9.59 Å². The predicted octanol–water partition coefficient (Wildman–Crippen LogP) is 1.90. The first-order valence-corrected chi connectivity index (χ1v) is 7.60. The first-order valence-electron chi connectivity index (χ1n) is 7.60. The fourth-order valence-electron chi connectivity index (χ4n) is 2.40. The standard InChI is InChI=1S/C18H18N2O4/c1-11-7-8-12(2)13(9-11)17(21)19-20-18(22)16-10-23-14-5-3-4-6-15(14)24-16/h3-9,16H,10H2,1-2H3,(H,19,21)(H,20,22). The van der Waals surface area contributed by atoms with Gasteiger partial charge in [0.1, 0.15) is 6.61 Å². The lowest BCUT2D eigenvalue weighted by Gasteiger charge is -2.25. The zero-order chi connectivity index (χ0) is 17.1. The average molecular weight is 326 g/mol. The van der Waals surface area contributed by atoms with Gasteiger partial charge in [-0.2, -0.15) is 0 Å². The van der Waals surface area contributed by atoms with Crippen LogP contribution < -0.4 is 20.3 Å². The third-order valence-electron chi connectivity index (χ3n) is 3.74. The Balaban J connectivity index is 1.60. The quantitative estimate of drug-likeness (QED) is 0.827. The van der Waals surface area contributed by atoms with Gasteiger partial charge in [0.2, 0.25) is 6.10 Å². The molecule has 1 atom stereocenters. The molecule has 1 aliphatic heterocycles. The second-order valence-electron chi connectivity index (χ2n) is 5.63. The number of fused-ring (bicyclic) bond motifs is 1. The summed E-state index contributed by atoms with van der Waals surface area (Å²) in [6.07, 6.45) is -0.821. The topological polar surface area (TPSA) is 76.7 Å². The molecular weight excluding hydrogens is 308 g/mol. The monoisotopic (exact) mass is 326 g/mol. The Hall–Kier alpha value is -3.02. The first-order chi connectivity index (χ1) is 11.5. The number of para-hydroxylation sites is 2. The minimum atomic E-state index is -0.821. The molecule has 2 aromatic carbocycles. The molecule has 0 aromatic heterocycles. The van der Waals surface area contributed by atoms with E-state index in [2.05, 4.69) is 10.9 Å². The van der Waals surface area contributed by atoms with E-state index in [1.54, 1.807) is 24.3 Å². The normalized spacial score (nSPS) is 15.5. The van der Waals surface area contributed by atoms with E-state index >= 15 is 0 Å². The molecular formula is C18H18N2O4. The molecule has 0 radical (unpaired) electrons. The van der Waals surface area contributed by atoms with Gasteiger partial charge in [-0.3, -0.25) is 20.4 Å². The number of carbonyl (C=O) groups is 2. The Kier molecular flexibility index (Phi) is 4.37. The number of aryl methyl sites for hydroxylation is 2. The Labute approximate surface area is 139 Å². The molecule has 1 aliphatic rings. The van der Waals surface area contributed by atoms with Gasteiger partial charge < -0.3 is 9.47 Å². The van der Waals surface area contributed by atoms with Crippen molar-refractivity contribution in [3.63, 3.8) is 0 Å². The number of ether oxygens (including phenoxy) is 2. The molecule has 0 fully saturated rings. The molecule has 2 N–H and O–H groups in total. The molecule has 1 unspecified atom stereocenters. The van der Waals surface area contributed by atoms with E-state index < -0.39 is 12.0 Å². The molecule has 6 nitrogen and oxygen atoms in total. The van der Waals surface area contributed by atoms with Crippen LogP contribution in [-0.4, -0.2) is 24.5 Å². The lowest BCUT2D eigenvalue weighted by molar-refractivity contribution is -0.131. The van der Waals surface area contributed by atoms with Crippen molar-refractivity contribution in [1.82, 2.24) is 10.9 Å². The number of rotatable bonds is 2. The van der Waals surface area contributed by atoms with Crippen LogP contribution in [-0.2, 0) is 4.79 Å². The second kappa shape index (κ2) is 6.62. The second-order valence-corrected chi connectivity index (χ2v) is 5.63. The summed E-state index contributed by atoms with van der Waals surface area (Å²) < 4.78 is 11.1. The van der Waals surface area contributed by atoms with Crippen molar-refractivity contribution in [1.29, 1.82) is 0 Å². The van der Waals surface area contributed by atoms with Crippen LogP contribution in [0.15, 0.2) is 42.5 Å². The third kappa shape index (κ3) is 3.32. The Morgan fingerprint density at radius 2 is 1.79 bits per heavy atom. The lowest BCUT2D eigenvalue weighted by Crippen LogP contribution is -2.50. The summed E-state index contributed by atoms with van der Waals surface area (Å²) in [5, 5.41) is 0. The molecule has 0 saturated heterocycles. The highest BCUT2D eigenvalue weighted by Crippen LogP contribution is 2.30. The fourth-order valence-corrected chi connectivity index (χ4v) is 2.40. The van der Waals surface area contributed by atoms with Crippen LogP contribution in [0.25, 0.3) is 0 Å². The summed E-state index contributed by atoms with van der Waals surface area (Å²) in [4.78, 5) is 24.4. The molecule has 1 heterocycles. The average Bonchev–Trinajstić information content (AvgIpc) is 2.61. The third-order valence-corrected chi connectivity index (χ3v) is 3.74. The molecule has 3 rings (SSSR count). The van der Waals surface area contributed by atoms with Gasteiger partial charge in [-0.15, -0.1) is 0 Å². The van der Waals surface area contributed by atoms with Gasteiger partial charge in [0.25, 0.3) is 11.8 Å². The maximum absolute atomic E-state index is 12.2. The molecule has 0 spiro atoms. The summed E-state index contributed by atoms with van der Waals surface area (Å²) in [6, 6.07) is 12.7. The van der Waals surface area contributed by atoms with E-state index in [1.165, 1.54) is 0 Å². The van der Waals surface area contributed by atoms with E-state index in [0.717, 1.165) is 11.1 Å². The van der Waals surface area contributed by atoms with Gasteiger partial charge in [0.05, 0.1) is 0 Å². The number of benzene rings is 2. The van der Waals surface area contributed by atoms with Gasteiger partial charge >= 0.3 is 0 Å². The molecule has 2 amide bonds. The minimum Gasteiger partial charge on any atom is -0.485 e. The van der Waals surface area contributed by atoms with Crippen LogP contribution in [0, 0.1) is 13.8 Å². The van der Waals surface area contributed by atoms with Crippen molar-refractivity contribution < 1.29 is 19.1 Å². The van der Waals surface area contributed by atoms with Crippen molar-refractivity contribution in [2.75, 3.05) is 6.61 Å². The number of hydrazine groups is 1. The number of amides is 2. The molecule has 0 bridgehead atoms. The van der Waals surface area contributed by atoms with E-state index in [4.69, 9.17) is 9.47 Å². The first kappa shape index (κ1) is 15.9. The van der Waals surface area contributed by atoms with Gasteiger partial charge in [0.15, 0.2) is 11.5 Å². The molecule has 2 aromatic rings. The highest BCUT2D eigenvalue weighted by Gasteiger charge is 2.27. The summed E-state index contributed by atoms with van der Waals surface area (Å²) in [7, 11) is 0.